The van der Waals surface area contributed by atoms with E-state index in [0.29, 0.717) is 11.4 Å². The van der Waals surface area contributed by atoms with Crippen LogP contribution in [0.15, 0.2) is 40.9 Å². The zero-order valence-corrected chi connectivity index (χ0v) is 11.3. The molecular weight excluding hydrogens is 312 g/mol. The number of phenolic OH excluding ortho intramolecular Hbond substituents is 2. The number of carbonyl (C=O) groups is 1. The van der Waals surface area contributed by atoms with Crippen LogP contribution in [0.25, 0.3) is 0 Å². The molecule has 19 heavy (non-hydrogen) atoms. The van der Waals surface area contributed by atoms with E-state index >= 15 is 0 Å². The summed E-state index contributed by atoms with van der Waals surface area (Å²) < 4.78 is 0.734. The van der Waals surface area contributed by atoms with Crippen LogP contribution in [0.2, 0.25) is 0 Å². The van der Waals surface area contributed by atoms with Crippen molar-refractivity contribution >= 4 is 33.2 Å². The Hall–Kier alpha value is -2.21. The third kappa shape index (κ3) is 2.97. The molecule has 0 atom stereocenters. The zero-order chi connectivity index (χ0) is 14.0. The Bertz CT molecular complexity index is 644. The van der Waals surface area contributed by atoms with Gasteiger partial charge in [-0.25, -0.2) is 0 Å². The minimum Gasteiger partial charge on any atom is -0.508 e. The number of aromatic hydroxyl groups is 2. The molecule has 5 N–H and O–H groups in total. The van der Waals surface area contributed by atoms with E-state index in [2.05, 4.69) is 21.2 Å². The topological polar surface area (TPSA) is 95.6 Å². The summed E-state index contributed by atoms with van der Waals surface area (Å²) in [6.07, 6.45) is 0. The van der Waals surface area contributed by atoms with Gasteiger partial charge in [-0.05, 0) is 46.3 Å². The highest BCUT2D eigenvalue weighted by Gasteiger charge is 2.12. The quantitative estimate of drug-likeness (QED) is 0.639. The first kappa shape index (κ1) is 13.2. The van der Waals surface area contributed by atoms with Gasteiger partial charge in [-0.2, -0.15) is 0 Å². The fraction of sp³-hybridized carbons (Fsp3) is 0. The summed E-state index contributed by atoms with van der Waals surface area (Å²) in [6, 6.07) is 8.74. The Morgan fingerprint density at radius 3 is 2.53 bits per heavy atom. The van der Waals surface area contributed by atoms with E-state index in [1.54, 1.807) is 18.2 Å². The van der Waals surface area contributed by atoms with Gasteiger partial charge in [-0.3, -0.25) is 4.79 Å². The molecule has 0 saturated carbocycles. The molecule has 6 heteroatoms. The van der Waals surface area contributed by atoms with Crippen LogP contribution in [0.3, 0.4) is 0 Å². The number of rotatable bonds is 2. The maximum Gasteiger partial charge on any atom is 0.259 e. The first-order valence-electron chi connectivity index (χ1n) is 5.36. The van der Waals surface area contributed by atoms with Crippen LogP contribution in [0.1, 0.15) is 10.4 Å². The summed E-state index contributed by atoms with van der Waals surface area (Å²) in [5.41, 5.74) is 6.78. The number of phenols is 2. The molecule has 0 bridgehead atoms. The lowest BCUT2D eigenvalue weighted by Crippen LogP contribution is -2.12. The van der Waals surface area contributed by atoms with Gasteiger partial charge in [0.05, 0.1) is 5.56 Å². The summed E-state index contributed by atoms with van der Waals surface area (Å²) in [6.45, 7) is 0. The van der Waals surface area contributed by atoms with E-state index < -0.39 is 5.91 Å². The summed E-state index contributed by atoms with van der Waals surface area (Å²) in [7, 11) is 0. The minimum absolute atomic E-state index is 0.0688. The number of nitrogen functional groups attached to an aromatic ring is 1. The predicted molar refractivity (Wildman–Crippen MR) is 76.3 cm³/mol. The van der Waals surface area contributed by atoms with Crippen molar-refractivity contribution < 1.29 is 15.0 Å². The third-order valence-electron chi connectivity index (χ3n) is 2.48. The van der Waals surface area contributed by atoms with Crippen LogP contribution < -0.4 is 11.1 Å². The van der Waals surface area contributed by atoms with Crippen LogP contribution in [-0.4, -0.2) is 16.1 Å². The zero-order valence-electron chi connectivity index (χ0n) is 9.72. The van der Waals surface area contributed by atoms with E-state index in [1.165, 1.54) is 12.1 Å². The van der Waals surface area contributed by atoms with Crippen molar-refractivity contribution in [2.45, 2.75) is 0 Å². The van der Waals surface area contributed by atoms with Crippen molar-refractivity contribution in [3.63, 3.8) is 0 Å². The second kappa shape index (κ2) is 5.19. The molecule has 2 rings (SSSR count). The molecular formula is C13H11BrN2O3. The summed E-state index contributed by atoms with van der Waals surface area (Å²) in [4.78, 5) is 11.9. The van der Waals surface area contributed by atoms with Gasteiger partial charge >= 0.3 is 0 Å². The summed E-state index contributed by atoms with van der Waals surface area (Å²) >= 11 is 3.25. The smallest absolute Gasteiger partial charge is 0.259 e. The van der Waals surface area contributed by atoms with Crippen LogP contribution >= 0.6 is 15.9 Å². The maximum absolute atomic E-state index is 11.9. The van der Waals surface area contributed by atoms with Crippen molar-refractivity contribution in [1.82, 2.24) is 0 Å². The molecule has 5 nitrogen and oxygen atoms in total. The molecule has 0 aliphatic carbocycles. The number of benzene rings is 2. The minimum atomic E-state index is -0.487. The first-order valence-corrected chi connectivity index (χ1v) is 6.15. The number of nitrogens with one attached hydrogen (secondary N) is 1. The molecule has 0 aliphatic heterocycles. The Kier molecular flexibility index (Phi) is 3.62. The van der Waals surface area contributed by atoms with E-state index in [9.17, 15) is 9.90 Å². The average Bonchev–Trinajstić information content (AvgIpc) is 2.33. The fourth-order valence-corrected chi connectivity index (χ4v) is 1.78. The molecule has 2 aromatic carbocycles. The number of nitrogens with two attached hydrogens (primary N) is 1. The van der Waals surface area contributed by atoms with Crippen LogP contribution in [0.4, 0.5) is 11.4 Å². The lowest BCUT2D eigenvalue weighted by atomic mass is 10.1. The molecule has 0 aromatic heterocycles. The second-order valence-corrected chi connectivity index (χ2v) is 4.75. The Morgan fingerprint density at radius 1 is 1.16 bits per heavy atom. The van der Waals surface area contributed by atoms with Crippen molar-refractivity contribution in [3.05, 3.63) is 46.4 Å². The highest BCUT2D eigenvalue weighted by molar-refractivity contribution is 9.10. The van der Waals surface area contributed by atoms with Crippen molar-refractivity contribution in [2.75, 3.05) is 11.1 Å². The van der Waals surface area contributed by atoms with E-state index in [4.69, 9.17) is 10.8 Å². The Balaban J connectivity index is 2.23. The van der Waals surface area contributed by atoms with Gasteiger partial charge < -0.3 is 21.3 Å². The summed E-state index contributed by atoms with van der Waals surface area (Å²) in [5, 5.41) is 21.4. The average molecular weight is 323 g/mol. The van der Waals surface area contributed by atoms with Gasteiger partial charge in [0.2, 0.25) is 0 Å². The maximum atomic E-state index is 11.9. The van der Waals surface area contributed by atoms with E-state index in [-0.39, 0.29) is 17.1 Å². The monoisotopic (exact) mass is 322 g/mol. The molecule has 0 unspecified atom stereocenters. The molecule has 2 aromatic rings. The number of halogens is 1. The molecule has 0 spiro atoms. The van der Waals surface area contributed by atoms with Crippen LogP contribution in [0.5, 0.6) is 11.5 Å². The third-order valence-corrected chi connectivity index (χ3v) is 3.20. The highest BCUT2D eigenvalue weighted by atomic mass is 79.9. The number of anilines is 2. The normalized spacial score (nSPS) is 10.2. The molecule has 98 valence electrons. The van der Waals surface area contributed by atoms with Gasteiger partial charge in [-0.15, -0.1) is 0 Å². The largest absolute Gasteiger partial charge is 0.508 e. The van der Waals surface area contributed by atoms with E-state index in [0.717, 1.165) is 10.5 Å². The predicted octanol–water partition coefficient (Wildman–Crippen LogP) is 2.69. The van der Waals surface area contributed by atoms with Crippen molar-refractivity contribution in [1.29, 1.82) is 0 Å². The van der Waals surface area contributed by atoms with Gasteiger partial charge in [0.15, 0.2) is 0 Å². The second-order valence-electron chi connectivity index (χ2n) is 3.89. The Morgan fingerprint density at radius 2 is 1.89 bits per heavy atom. The first-order chi connectivity index (χ1) is 8.97. The highest BCUT2D eigenvalue weighted by Crippen LogP contribution is 2.26. The lowest BCUT2D eigenvalue weighted by Gasteiger charge is -2.08. The molecule has 0 saturated heterocycles. The molecule has 1 amide bonds. The van der Waals surface area contributed by atoms with Crippen LogP contribution in [0, 0.1) is 0 Å². The molecule has 0 radical (unpaired) electrons. The number of carbonyl (C=O) groups excluding carboxylic acids is 1. The van der Waals surface area contributed by atoms with Gasteiger partial charge in [-0.1, -0.05) is 0 Å². The van der Waals surface area contributed by atoms with Crippen molar-refractivity contribution in [2.24, 2.45) is 0 Å². The van der Waals surface area contributed by atoms with Gasteiger partial charge in [0, 0.05) is 21.9 Å². The molecule has 0 heterocycles. The lowest BCUT2D eigenvalue weighted by molar-refractivity contribution is 0.102. The fourth-order valence-electron chi connectivity index (χ4n) is 1.53. The van der Waals surface area contributed by atoms with E-state index in [1.807, 2.05) is 0 Å². The van der Waals surface area contributed by atoms with Crippen LogP contribution in [-0.2, 0) is 0 Å². The number of amides is 1. The van der Waals surface area contributed by atoms with Gasteiger partial charge in [0.25, 0.3) is 5.91 Å². The van der Waals surface area contributed by atoms with Crippen molar-refractivity contribution in [3.8, 4) is 11.5 Å². The Labute approximate surface area is 117 Å². The molecule has 0 fully saturated rings. The molecule has 0 aliphatic rings. The SMILES string of the molecule is Nc1cc(NC(=O)c2ccc(O)cc2O)ccc1Br. The number of hydrogen-bond acceptors (Lipinski definition) is 4. The summed E-state index contributed by atoms with van der Waals surface area (Å²) in [5.74, 6) is -0.885. The standard InChI is InChI=1S/C13H11BrN2O3/c14-10-4-1-7(5-11(10)15)16-13(19)9-3-2-8(17)6-12(9)18/h1-6,17-18H,15H2,(H,16,19). The number of hydrogen-bond donors (Lipinski definition) is 4. The van der Waals surface area contributed by atoms with Gasteiger partial charge in [0.1, 0.15) is 11.5 Å².